The Labute approximate surface area is 160 Å². The van der Waals surface area contributed by atoms with Crippen LogP contribution in [0.4, 0.5) is 5.69 Å². The largest absolute Gasteiger partial charge is 0.497 e. The Hall–Kier alpha value is -3.81. The van der Waals surface area contributed by atoms with Gasteiger partial charge in [-0.15, -0.1) is 0 Å². The van der Waals surface area contributed by atoms with Crippen molar-refractivity contribution in [1.82, 2.24) is 0 Å². The van der Waals surface area contributed by atoms with Crippen molar-refractivity contribution in [2.75, 3.05) is 14.2 Å². The lowest BCUT2D eigenvalue weighted by Gasteiger charge is -2.11. The highest BCUT2D eigenvalue weighted by molar-refractivity contribution is 5.86. The SMILES string of the molecule is COC(=O)c1ccc(COc2ccc([N+](=O)[O-])cc2-c2ccc(OC)cc2)o1. The van der Waals surface area contributed by atoms with Crippen LogP contribution in [0.15, 0.2) is 59.0 Å². The number of benzene rings is 2. The van der Waals surface area contributed by atoms with Crippen molar-refractivity contribution in [3.05, 3.63) is 76.2 Å². The molecule has 28 heavy (non-hydrogen) atoms. The Morgan fingerprint density at radius 3 is 2.46 bits per heavy atom. The van der Waals surface area contributed by atoms with Gasteiger partial charge in [0, 0.05) is 17.7 Å². The van der Waals surface area contributed by atoms with Gasteiger partial charge in [0.1, 0.15) is 23.9 Å². The van der Waals surface area contributed by atoms with Gasteiger partial charge in [-0.2, -0.15) is 0 Å². The second-order valence-corrected chi connectivity index (χ2v) is 5.71. The van der Waals surface area contributed by atoms with Gasteiger partial charge in [-0.05, 0) is 35.9 Å². The van der Waals surface area contributed by atoms with Crippen LogP contribution in [0.25, 0.3) is 11.1 Å². The first-order chi connectivity index (χ1) is 13.5. The van der Waals surface area contributed by atoms with Crippen molar-refractivity contribution >= 4 is 11.7 Å². The first-order valence-corrected chi connectivity index (χ1v) is 8.24. The van der Waals surface area contributed by atoms with Crippen LogP contribution in [0, 0.1) is 10.1 Å². The molecule has 0 bridgehead atoms. The summed E-state index contributed by atoms with van der Waals surface area (Å²) in [7, 11) is 2.82. The minimum atomic E-state index is -0.583. The van der Waals surface area contributed by atoms with Crippen LogP contribution < -0.4 is 9.47 Å². The Morgan fingerprint density at radius 1 is 1.07 bits per heavy atom. The number of nitro groups is 1. The summed E-state index contributed by atoms with van der Waals surface area (Å²) in [6, 6.07) is 14.5. The number of ether oxygens (including phenoxy) is 3. The molecule has 0 unspecified atom stereocenters. The molecule has 0 aliphatic heterocycles. The van der Waals surface area contributed by atoms with Crippen molar-refractivity contribution in [1.29, 1.82) is 0 Å². The van der Waals surface area contributed by atoms with Gasteiger partial charge >= 0.3 is 5.97 Å². The number of hydrogen-bond donors (Lipinski definition) is 0. The molecule has 0 amide bonds. The highest BCUT2D eigenvalue weighted by Crippen LogP contribution is 2.35. The average Bonchev–Trinajstić information content (AvgIpc) is 3.20. The minimum absolute atomic E-state index is 0.0396. The number of carbonyl (C=O) groups excluding carboxylic acids is 1. The molecule has 0 atom stereocenters. The van der Waals surface area contributed by atoms with Crippen molar-refractivity contribution in [3.8, 4) is 22.6 Å². The van der Waals surface area contributed by atoms with Crippen LogP contribution in [0.2, 0.25) is 0 Å². The second kappa shape index (κ2) is 8.26. The number of nitrogens with zero attached hydrogens (tertiary/aromatic N) is 1. The predicted octanol–water partition coefficient (Wildman–Crippen LogP) is 4.23. The molecule has 0 saturated carbocycles. The summed E-state index contributed by atoms with van der Waals surface area (Å²) in [6.07, 6.45) is 0. The number of non-ortho nitro benzene ring substituents is 1. The third kappa shape index (κ3) is 4.12. The monoisotopic (exact) mass is 383 g/mol. The maximum absolute atomic E-state index is 11.5. The van der Waals surface area contributed by atoms with Crippen molar-refractivity contribution in [3.63, 3.8) is 0 Å². The van der Waals surface area contributed by atoms with Gasteiger partial charge in [-0.25, -0.2) is 4.79 Å². The molecule has 0 saturated heterocycles. The van der Waals surface area contributed by atoms with Crippen LogP contribution >= 0.6 is 0 Å². The van der Waals surface area contributed by atoms with E-state index in [1.807, 2.05) is 0 Å². The van der Waals surface area contributed by atoms with E-state index >= 15 is 0 Å². The van der Waals surface area contributed by atoms with E-state index in [9.17, 15) is 14.9 Å². The summed E-state index contributed by atoms with van der Waals surface area (Å²) in [4.78, 5) is 22.2. The summed E-state index contributed by atoms with van der Waals surface area (Å²) in [5.41, 5.74) is 1.23. The molecule has 0 aliphatic carbocycles. The molecule has 8 heteroatoms. The Bertz CT molecular complexity index is 992. The van der Waals surface area contributed by atoms with Crippen molar-refractivity contribution in [2.45, 2.75) is 6.61 Å². The molecule has 1 heterocycles. The van der Waals surface area contributed by atoms with Gasteiger partial charge in [0.15, 0.2) is 0 Å². The lowest BCUT2D eigenvalue weighted by Crippen LogP contribution is -1.99. The highest BCUT2D eigenvalue weighted by atomic mass is 16.6. The molecule has 0 N–H and O–H groups in total. The van der Waals surface area contributed by atoms with Crippen LogP contribution in [0.1, 0.15) is 16.3 Å². The van der Waals surface area contributed by atoms with E-state index in [4.69, 9.17) is 13.9 Å². The molecular formula is C20H17NO7. The van der Waals surface area contributed by atoms with Crippen LogP contribution in [0.5, 0.6) is 11.5 Å². The number of rotatable bonds is 7. The van der Waals surface area contributed by atoms with E-state index in [2.05, 4.69) is 4.74 Å². The molecule has 0 fully saturated rings. The minimum Gasteiger partial charge on any atom is -0.497 e. The fraction of sp³-hybridized carbons (Fsp3) is 0.150. The van der Waals surface area contributed by atoms with Crippen molar-refractivity contribution in [2.24, 2.45) is 0 Å². The molecule has 2 aromatic carbocycles. The highest BCUT2D eigenvalue weighted by Gasteiger charge is 2.16. The average molecular weight is 383 g/mol. The molecule has 0 radical (unpaired) electrons. The van der Waals surface area contributed by atoms with E-state index in [-0.39, 0.29) is 18.1 Å². The van der Waals surface area contributed by atoms with E-state index in [1.165, 1.54) is 31.4 Å². The van der Waals surface area contributed by atoms with Crippen molar-refractivity contribution < 1.29 is 28.3 Å². The maximum atomic E-state index is 11.5. The van der Waals surface area contributed by atoms with Gasteiger partial charge in [0.25, 0.3) is 5.69 Å². The third-order valence-electron chi connectivity index (χ3n) is 3.99. The smallest absolute Gasteiger partial charge is 0.373 e. The molecular weight excluding hydrogens is 366 g/mol. The summed E-state index contributed by atoms with van der Waals surface area (Å²) < 4.78 is 20.9. The van der Waals surface area contributed by atoms with Gasteiger partial charge < -0.3 is 18.6 Å². The lowest BCUT2D eigenvalue weighted by atomic mass is 10.0. The zero-order valence-corrected chi connectivity index (χ0v) is 15.2. The Morgan fingerprint density at radius 2 is 1.82 bits per heavy atom. The van der Waals surface area contributed by atoms with E-state index in [0.29, 0.717) is 22.8 Å². The number of hydrogen-bond acceptors (Lipinski definition) is 7. The topological polar surface area (TPSA) is 101 Å². The zero-order chi connectivity index (χ0) is 20.1. The molecule has 8 nitrogen and oxygen atoms in total. The predicted molar refractivity (Wildman–Crippen MR) is 99.5 cm³/mol. The summed E-state index contributed by atoms with van der Waals surface area (Å²) in [5, 5.41) is 11.2. The first kappa shape index (κ1) is 19.0. The van der Waals surface area contributed by atoms with E-state index in [0.717, 1.165) is 5.56 Å². The van der Waals surface area contributed by atoms with Gasteiger partial charge in [-0.3, -0.25) is 10.1 Å². The first-order valence-electron chi connectivity index (χ1n) is 8.24. The lowest BCUT2D eigenvalue weighted by molar-refractivity contribution is -0.384. The molecule has 3 aromatic rings. The Kier molecular flexibility index (Phi) is 5.59. The number of carbonyl (C=O) groups is 1. The molecule has 0 aliphatic rings. The van der Waals surface area contributed by atoms with Gasteiger partial charge in [0.05, 0.1) is 19.1 Å². The molecule has 1 aromatic heterocycles. The normalized spacial score (nSPS) is 10.4. The standard InChI is InChI=1S/C20H17NO7/c1-25-15-6-3-13(4-7-15)17-11-14(21(23)24)5-9-18(17)27-12-16-8-10-19(28-16)20(22)26-2/h3-11H,12H2,1-2H3. The number of methoxy groups -OCH3 is 2. The fourth-order valence-electron chi connectivity index (χ4n) is 2.57. The van der Waals surface area contributed by atoms with Crippen LogP contribution in [-0.4, -0.2) is 25.1 Å². The van der Waals surface area contributed by atoms with Gasteiger partial charge in [0.2, 0.25) is 5.76 Å². The zero-order valence-electron chi connectivity index (χ0n) is 15.2. The third-order valence-corrected chi connectivity index (χ3v) is 3.99. The summed E-state index contributed by atoms with van der Waals surface area (Å²) >= 11 is 0. The summed E-state index contributed by atoms with van der Waals surface area (Å²) in [5.74, 6) is 1.01. The number of esters is 1. The second-order valence-electron chi connectivity index (χ2n) is 5.71. The Balaban J connectivity index is 1.88. The quantitative estimate of drug-likeness (QED) is 0.342. The number of nitro benzene ring substituents is 1. The molecule has 144 valence electrons. The summed E-state index contributed by atoms with van der Waals surface area (Å²) in [6.45, 7) is 0.0396. The van der Waals surface area contributed by atoms with Crippen LogP contribution in [-0.2, 0) is 11.3 Å². The maximum Gasteiger partial charge on any atom is 0.373 e. The van der Waals surface area contributed by atoms with E-state index in [1.54, 1.807) is 37.4 Å². The molecule has 3 rings (SSSR count). The van der Waals surface area contributed by atoms with Gasteiger partial charge in [-0.1, -0.05) is 12.1 Å². The molecule has 0 spiro atoms. The van der Waals surface area contributed by atoms with Crippen LogP contribution in [0.3, 0.4) is 0 Å². The fourth-order valence-corrected chi connectivity index (χ4v) is 2.57. The number of furan rings is 1. The van der Waals surface area contributed by atoms with E-state index < -0.39 is 10.9 Å².